The molecule has 0 saturated carbocycles. The third kappa shape index (κ3) is 5.21. The number of carbonyl (C=O) groups is 2. The van der Waals surface area contributed by atoms with Gasteiger partial charge in [-0.3, -0.25) is 9.59 Å². The number of rotatable bonds is 6. The van der Waals surface area contributed by atoms with Crippen molar-refractivity contribution in [1.29, 1.82) is 0 Å². The van der Waals surface area contributed by atoms with E-state index in [1.165, 1.54) is 0 Å². The lowest BCUT2D eigenvalue weighted by atomic mass is 10.5. The highest BCUT2D eigenvalue weighted by Gasteiger charge is 2.07. The second-order valence-corrected chi connectivity index (χ2v) is 3.31. The molecule has 5 heteroatoms. The molecule has 0 aromatic heterocycles. The van der Waals surface area contributed by atoms with Gasteiger partial charge in [0.2, 0.25) is 0 Å². The molecule has 0 atom stereocenters. The predicted molar refractivity (Wildman–Crippen MR) is 52.0 cm³/mol. The summed E-state index contributed by atoms with van der Waals surface area (Å²) in [4.78, 5) is 21.6. The molecule has 72 valence electrons. The molecule has 0 spiro atoms. The molecule has 2 N–H and O–H groups in total. The number of nitrogens with one attached hydrogen (secondary N) is 1. The minimum Gasteiger partial charge on any atom is -0.395 e. The molecule has 0 saturated heterocycles. The maximum absolute atomic E-state index is 11.1. The highest BCUT2D eigenvalue weighted by molar-refractivity contribution is 8.08. The first-order valence-electron chi connectivity index (χ1n) is 3.51. The van der Waals surface area contributed by atoms with Crippen LogP contribution in [-0.4, -0.2) is 30.5 Å². The molecule has 0 aliphatic rings. The van der Waals surface area contributed by atoms with Crippen molar-refractivity contribution in [3.8, 4) is 0 Å². The Balaban J connectivity index is 3.89. The Labute approximate surface area is 80.7 Å². The molecule has 13 heavy (non-hydrogen) atoms. The summed E-state index contributed by atoms with van der Waals surface area (Å²) in [6.45, 7) is 6.87. The van der Waals surface area contributed by atoms with Crippen molar-refractivity contribution in [1.82, 2.24) is 5.32 Å². The Morgan fingerprint density at radius 1 is 1.54 bits per heavy atom. The average Bonchev–Trinajstić information content (AvgIpc) is 2.13. The third-order valence-corrected chi connectivity index (χ3v) is 1.83. The summed E-state index contributed by atoms with van der Waals surface area (Å²) in [5, 5.41) is 10.8. The number of hydrogen-bond acceptors (Lipinski definition) is 4. The molecular weight excluding hydrogens is 190 g/mol. The molecule has 1 amide bonds. The Hall–Kier alpha value is -1.07. The van der Waals surface area contributed by atoms with Crippen LogP contribution in [0.4, 0.5) is 0 Å². The SMILES string of the molecule is C=C(C=O)SC(=C)C(=O)NCCO. The minimum absolute atomic E-state index is 0.127. The van der Waals surface area contributed by atoms with Gasteiger partial charge >= 0.3 is 0 Å². The van der Waals surface area contributed by atoms with Crippen molar-refractivity contribution in [3.05, 3.63) is 23.0 Å². The van der Waals surface area contributed by atoms with Crippen LogP contribution >= 0.6 is 11.8 Å². The minimum atomic E-state index is -0.401. The zero-order valence-corrected chi connectivity index (χ0v) is 7.89. The van der Waals surface area contributed by atoms with Crippen LogP contribution in [0.1, 0.15) is 0 Å². The lowest BCUT2D eigenvalue weighted by molar-refractivity contribution is -0.116. The molecule has 0 aliphatic carbocycles. The topological polar surface area (TPSA) is 66.4 Å². The Kier molecular flexibility index (Phi) is 5.92. The van der Waals surface area contributed by atoms with Gasteiger partial charge in [0.05, 0.1) is 11.5 Å². The number of aliphatic hydroxyl groups excluding tert-OH is 1. The van der Waals surface area contributed by atoms with Crippen LogP contribution in [0.3, 0.4) is 0 Å². The molecule has 0 unspecified atom stereocenters. The van der Waals surface area contributed by atoms with Gasteiger partial charge in [0, 0.05) is 11.4 Å². The number of carbonyl (C=O) groups excluding carboxylic acids is 2. The molecule has 0 aliphatic heterocycles. The van der Waals surface area contributed by atoms with Crippen molar-refractivity contribution >= 4 is 24.0 Å². The van der Waals surface area contributed by atoms with E-state index in [2.05, 4.69) is 18.5 Å². The predicted octanol–water partition coefficient (Wildman–Crippen LogP) is 0.0544. The van der Waals surface area contributed by atoms with E-state index in [-0.39, 0.29) is 23.0 Å². The first-order chi connectivity index (χ1) is 6.11. The fourth-order valence-corrected chi connectivity index (χ4v) is 1.03. The molecule has 4 nitrogen and oxygen atoms in total. The van der Waals surface area contributed by atoms with Gasteiger partial charge in [-0.2, -0.15) is 0 Å². The second kappa shape index (κ2) is 6.45. The summed E-state index contributed by atoms with van der Waals surface area (Å²) < 4.78 is 0. The number of allylic oxidation sites excluding steroid dienone is 1. The largest absolute Gasteiger partial charge is 0.395 e. The van der Waals surface area contributed by atoms with E-state index in [1.54, 1.807) is 0 Å². The molecule has 0 rings (SSSR count). The summed E-state index contributed by atoms with van der Waals surface area (Å²) in [6, 6.07) is 0. The van der Waals surface area contributed by atoms with Crippen molar-refractivity contribution in [3.63, 3.8) is 0 Å². The van der Waals surface area contributed by atoms with Gasteiger partial charge < -0.3 is 10.4 Å². The molecule has 0 aromatic carbocycles. The van der Waals surface area contributed by atoms with Crippen molar-refractivity contribution < 1.29 is 14.7 Å². The molecule has 0 bridgehead atoms. The third-order valence-electron chi connectivity index (χ3n) is 1.04. The molecule has 0 fully saturated rings. The summed E-state index contributed by atoms with van der Waals surface area (Å²) in [5.74, 6) is -0.401. The van der Waals surface area contributed by atoms with E-state index in [9.17, 15) is 9.59 Å². The van der Waals surface area contributed by atoms with Gasteiger partial charge in [0.15, 0.2) is 6.29 Å². The van der Waals surface area contributed by atoms with E-state index in [0.717, 1.165) is 11.8 Å². The van der Waals surface area contributed by atoms with Crippen LogP contribution in [0.2, 0.25) is 0 Å². The monoisotopic (exact) mass is 201 g/mol. The van der Waals surface area contributed by atoms with Crippen molar-refractivity contribution in [2.75, 3.05) is 13.2 Å². The quantitative estimate of drug-likeness (QED) is 0.471. The summed E-state index contributed by atoms with van der Waals surface area (Å²) >= 11 is 0.907. The van der Waals surface area contributed by atoms with Gasteiger partial charge in [-0.05, 0) is 0 Å². The van der Waals surface area contributed by atoms with Crippen molar-refractivity contribution in [2.45, 2.75) is 0 Å². The molecule has 0 heterocycles. The average molecular weight is 201 g/mol. The first kappa shape index (κ1) is 11.9. The number of amides is 1. The number of thioether (sulfide) groups is 1. The van der Waals surface area contributed by atoms with Gasteiger partial charge in [0.1, 0.15) is 0 Å². The highest BCUT2D eigenvalue weighted by Crippen LogP contribution is 2.20. The van der Waals surface area contributed by atoms with Crippen LogP contribution in [0.15, 0.2) is 23.0 Å². The van der Waals surface area contributed by atoms with E-state index >= 15 is 0 Å². The maximum Gasteiger partial charge on any atom is 0.257 e. The Morgan fingerprint density at radius 3 is 2.62 bits per heavy atom. The zero-order chi connectivity index (χ0) is 10.3. The smallest absolute Gasteiger partial charge is 0.257 e. The number of hydrogen-bond donors (Lipinski definition) is 2. The highest BCUT2D eigenvalue weighted by atomic mass is 32.2. The normalized spacial score (nSPS) is 9.00. The van der Waals surface area contributed by atoms with Crippen LogP contribution in [0.5, 0.6) is 0 Å². The fourth-order valence-electron chi connectivity index (χ4n) is 0.497. The second-order valence-electron chi connectivity index (χ2n) is 2.09. The van der Waals surface area contributed by atoms with Crippen LogP contribution in [0, 0.1) is 0 Å². The zero-order valence-electron chi connectivity index (χ0n) is 7.08. The Bertz CT molecular complexity index is 238. The molecule has 0 radical (unpaired) electrons. The van der Waals surface area contributed by atoms with Crippen molar-refractivity contribution in [2.24, 2.45) is 0 Å². The lowest BCUT2D eigenvalue weighted by Gasteiger charge is -2.04. The van der Waals surface area contributed by atoms with E-state index in [4.69, 9.17) is 5.11 Å². The van der Waals surface area contributed by atoms with E-state index < -0.39 is 5.91 Å². The molecule has 0 aromatic rings. The standard InChI is InChI=1S/C8H11NO3S/c1-6(5-11)13-7(2)8(12)9-3-4-10/h5,10H,1-4H2,(H,9,12). The number of aldehydes is 1. The van der Waals surface area contributed by atoms with Crippen LogP contribution in [-0.2, 0) is 9.59 Å². The fraction of sp³-hybridized carbons (Fsp3) is 0.250. The lowest BCUT2D eigenvalue weighted by Crippen LogP contribution is -2.26. The summed E-state index contributed by atoms with van der Waals surface area (Å²) in [6.07, 6.45) is 0.551. The maximum atomic E-state index is 11.1. The molecular formula is C8H11NO3S. The van der Waals surface area contributed by atoms with Crippen LogP contribution < -0.4 is 5.32 Å². The van der Waals surface area contributed by atoms with Gasteiger partial charge in [-0.25, -0.2) is 0 Å². The van der Waals surface area contributed by atoms with E-state index in [0.29, 0.717) is 6.29 Å². The van der Waals surface area contributed by atoms with Gasteiger partial charge in [-0.15, -0.1) is 0 Å². The van der Waals surface area contributed by atoms with Gasteiger partial charge in [-0.1, -0.05) is 24.9 Å². The number of aliphatic hydroxyl groups is 1. The first-order valence-corrected chi connectivity index (χ1v) is 4.33. The summed E-state index contributed by atoms with van der Waals surface area (Å²) in [5.41, 5.74) is 0. The van der Waals surface area contributed by atoms with Gasteiger partial charge in [0.25, 0.3) is 5.91 Å². The van der Waals surface area contributed by atoms with E-state index in [1.807, 2.05) is 0 Å². The summed E-state index contributed by atoms with van der Waals surface area (Å²) in [7, 11) is 0. The Morgan fingerprint density at radius 2 is 2.15 bits per heavy atom. The van der Waals surface area contributed by atoms with Crippen LogP contribution in [0.25, 0.3) is 0 Å².